The van der Waals surface area contributed by atoms with Crippen LogP contribution in [0, 0.1) is 0 Å². The molecule has 1 heterocycles. The molecule has 6 nitrogen and oxygen atoms in total. The first-order valence-corrected chi connectivity index (χ1v) is 5.25. The van der Waals surface area contributed by atoms with Crippen molar-refractivity contribution in [2.45, 2.75) is 0 Å². The molecule has 2 aromatic rings. The van der Waals surface area contributed by atoms with Crippen LogP contribution in [0.25, 0.3) is 10.9 Å². The van der Waals surface area contributed by atoms with Gasteiger partial charge in [0.25, 0.3) is 0 Å². The summed E-state index contributed by atoms with van der Waals surface area (Å²) in [7, 11) is -3.85. The van der Waals surface area contributed by atoms with Crippen molar-refractivity contribution >= 4 is 26.8 Å². The molecule has 0 atom stereocenters. The van der Waals surface area contributed by atoms with Gasteiger partial charge in [-0.15, -0.1) is 4.09 Å². The van der Waals surface area contributed by atoms with Gasteiger partial charge in [-0.2, -0.15) is 13.5 Å². The van der Waals surface area contributed by atoms with Crippen LogP contribution in [-0.2, 0) is 10.2 Å². The van der Waals surface area contributed by atoms with Gasteiger partial charge in [-0.05, 0) is 18.2 Å². The van der Waals surface area contributed by atoms with Crippen LogP contribution in [0.1, 0.15) is 0 Å². The lowest BCUT2D eigenvalue weighted by Crippen LogP contribution is -2.22. The maximum atomic E-state index is 11.1. The first kappa shape index (κ1) is 8.97. The van der Waals surface area contributed by atoms with E-state index < -0.39 is 10.2 Å². The van der Waals surface area contributed by atoms with E-state index in [0.717, 1.165) is 4.09 Å². The second-order valence-electron chi connectivity index (χ2n) is 2.85. The van der Waals surface area contributed by atoms with E-state index in [1.54, 1.807) is 12.1 Å². The van der Waals surface area contributed by atoms with Crippen LogP contribution in [0.5, 0.6) is 0 Å². The minimum Gasteiger partial charge on any atom is -0.399 e. The molecule has 0 unspecified atom stereocenters. The molecule has 0 fully saturated rings. The van der Waals surface area contributed by atoms with Crippen LogP contribution in [0.3, 0.4) is 0 Å². The molecule has 2 rings (SSSR count). The highest BCUT2D eigenvalue weighted by atomic mass is 32.2. The number of aromatic nitrogens is 2. The molecule has 0 radical (unpaired) electrons. The predicted octanol–water partition coefficient (Wildman–Crippen LogP) is -0.330. The van der Waals surface area contributed by atoms with Crippen LogP contribution in [-0.4, -0.2) is 17.6 Å². The standard InChI is InChI=1S/C7H8N4O2S/c8-6-2-1-5-4-10-11(7(5)3-6)14(9,12)13/h1-4H,8H2,(H2,9,12,13). The Kier molecular flexibility index (Phi) is 1.73. The second kappa shape index (κ2) is 2.69. The summed E-state index contributed by atoms with van der Waals surface area (Å²) in [5, 5.41) is 9.28. The number of nitrogens with two attached hydrogens (primary N) is 2. The average Bonchev–Trinajstić information content (AvgIpc) is 2.45. The van der Waals surface area contributed by atoms with Crippen molar-refractivity contribution in [1.82, 2.24) is 9.19 Å². The SMILES string of the molecule is Nc1ccc2cnn(S(N)(=O)=O)c2c1. The van der Waals surface area contributed by atoms with Gasteiger partial charge in [0, 0.05) is 11.1 Å². The van der Waals surface area contributed by atoms with Crippen molar-refractivity contribution in [3.05, 3.63) is 24.4 Å². The lowest BCUT2D eigenvalue weighted by Gasteiger charge is -1.99. The minimum absolute atomic E-state index is 0.382. The van der Waals surface area contributed by atoms with Gasteiger partial charge in [0.1, 0.15) is 0 Å². The molecule has 14 heavy (non-hydrogen) atoms. The van der Waals surface area contributed by atoms with E-state index in [-0.39, 0.29) is 0 Å². The molecule has 0 aliphatic rings. The lowest BCUT2D eigenvalue weighted by atomic mass is 10.2. The first-order valence-electron chi connectivity index (χ1n) is 3.75. The number of benzene rings is 1. The summed E-state index contributed by atoms with van der Waals surface area (Å²) in [6.07, 6.45) is 1.42. The van der Waals surface area contributed by atoms with Gasteiger partial charge in [0.2, 0.25) is 0 Å². The quantitative estimate of drug-likeness (QED) is 0.631. The van der Waals surface area contributed by atoms with E-state index in [9.17, 15) is 8.42 Å². The molecular formula is C7H8N4O2S. The highest BCUT2D eigenvalue weighted by Gasteiger charge is 2.11. The van der Waals surface area contributed by atoms with E-state index in [2.05, 4.69) is 5.10 Å². The third-order valence-electron chi connectivity index (χ3n) is 1.80. The van der Waals surface area contributed by atoms with Crippen LogP contribution in [0.2, 0.25) is 0 Å². The van der Waals surface area contributed by atoms with Gasteiger partial charge in [0.05, 0.1) is 11.7 Å². The normalized spacial score (nSPS) is 12.1. The Bertz CT molecular complexity index is 587. The summed E-state index contributed by atoms with van der Waals surface area (Å²) in [5.41, 5.74) is 6.36. The van der Waals surface area contributed by atoms with Crippen molar-refractivity contribution in [3.63, 3.8) is 0 Å². The smallest absolute Gasteiger partial charge is 0.318 e. The zero-order valence-electron chi connectivity index (χ0n) is 7.08. The topological polar surface area (TPSA) is 104 Å². The molecule has 4 N–H and O–H groups in total. The summed E-state index contributed by atoms with van der Waals surface area (Å²) in [6.45, 7) is 0. The Hall–Kier alpha value is -1.60. The van der Waals surface area contributed by atoms with Crippen LogP contribution >= 0.6 is 0 Å². The average molecular weight is 212 g/mol. The maximum Gasteiger partial charge on any atom is 0.318 e. The fourth-order valence-electron chi connectivity index (χ4n) is 1.22. The van der Waals surface area contributed by atoms with E-state index in [1.807, 2.05) is 0 Å². The molecule has 0 aliphatic carbocycles. The maximum absolute atomic E-state index is 11.1. The van der Waals surface area contributed by atoms with Gasteiger partial charge >= 0.3 is 10.2 Å². The summed E-state index contributed by atoms with van der Waals surface area (Å²) in [5.74, 6) is 0. The third-order valence-corrected chi connectivity index (χ3v) is 2.58. The molecule has 1 aromatic carbocycles. The van der Waals surface area contributed by atoms with E-state index in [1.165, 1.54) is 12.3 Å². The number of nitrogens with zero attached hydrogens (tertiary/aromatic N) is 2. The predicted molar refractivity (Wildman–Crippen MR) is 52.7 cm³/mol. The Morgan fingerprint density at radius 1 is 1.36 bits per heavy atom. The Balaban J connectivity index is 2.87. The number of fused-ring (bicyclic) bond motifs is 1. The molecule has 0 amide bonds. The highest BCUT2D eigenvalue weighted by Crippen LogP contribution is 2.17. The molecule has 0 saturated carbocycles. The van der Waals surface area contributed by atoms with Crippen molar-refractivity contribution in [1.29, 1.82) is 0 Å². The molecule has 74 valence electrons. The van der Waals surface area contributed by atoms with Crippen LogP contribution in [0.15, 0.2) is 24.4 Å². The number of hydrogen-bond acceptors (Lipinski definition) is 4. The van der Waals surface area contributed by atoms with Crippen molar-refractivity contribution in [2.24, 2.45) is 5.14 Å². The van der Waals surface area contributed by atoms with Gasteiger partial charge in [-0.1, -0.05) is 0 Å². The molecule has 0 aliphatic heterocycles. The largest absolute Gasteiger partial charge is 0.399 e. The summed E-state index contributed by atoms with van der Waals surface area (Å²) in [6, 6.07) is 4.85. The van der Waals surface area contributed by atoms with Gasteiger partial charge < -0.3 is 5.73 Å². The fourth-order valence-corrected chi connectivity index (χ4v) is 1.83. The summed E-state index contributed by atoms with van der Waals surface area (Å²) < 4.78 is 22.9. The molecule has 0 saturated heterocycles. The number of anilines is 1. The Morgan fingerprint density at radius 2 is 2.07 bits per heavy atom. The molecular weight excluding hydrogens is 204 g/mol. The Morgan fingerprint density at radius 3 is 2.71 bits per heavy atom. The van der Waals surface area contributed by atoms with Crippen molar-refractivity contribution in [3.8, 4) is 0 Å². The number of nitrogen functional groups attached to an aromatic ring is 1. The minimum atomic E-state index is -3.85. The van der Waals surface area contributed by atoms with Gasteiger partial charge in [0.15, 0.2) is 0 Å². The first-order chi connectivity index (χ1) is 6.48. The van der Waals surface area contributed by atoms with Crippen LogP contribution < -0.4 is 10.9 Å². The fraction of sp³-hybridized carbons (Fsp3) is 0. The third kappa shape index (κ3) is 1.32. The monoisotopic (exact) mass is 212 g/mol. The highest BCUT2D eigenvalue weighted by molar-refractivity contribution is 7.87. The van der Waals surface area contributed by atoms with E-state index >= 15 is 0 Å². The zero-order valence-corrected chi connectivity index (χ0v) is 7.90. The van der Waals surface area contributed by atoms with Crippen LogP contribution in [0.4, 0.5) is 5.69 Å². The van der Waals surface area contributed by atoms with Gasteiger partial charge in [-0.25, -0.2) is 5.14 Å². The lowest BCUT2D eigenvalue weighted by molar-refractivity contribution is 0.584. The van der Waals surface area contributed by atoms with Crippen molar-refractivity contribution in [2.75, 3.05) is 5.73 Å². The summed E-state index contributed by atoms with van der Waals surface area (Å²) in [4.78, 5) is 0. The molecule has 0 bridgehead atoms. The second-order valence-corrected chi connectivity index (χ2v) is 4.23. The summed E-state index contributed by atoms with van der Waals surface area (Å²) >= 11 is 0. The van der Waals surface area contributed by atoms with Gasteiger partial charge in [-0.3, -0.25) is 0 Å². The number of hydrogen-bond donors (Lipinski definition) is 2. The zero-order chi connectivity index (χ0) is 10.3. The van der Waals surface area contributed by atoms with Crippen molar-refractivity contribution < 1.29 is 8.42 Å². The molecule has 0 spiro atoms. The number of rotatable bonds is 1. The van der Waals surface area contributed by atoms with E-state index in [4.69, 9.17) is 10.9 Å². The molecule has 7 heteroatoms. The Labute approximate surface area is 80.3 Å². The van der Waals surface area contributed by atoms with E-state index in [0.29, 0.717) is 16.6 Å². The molecule has 1 aromatic heterocycles.